The number of rotatable bonds is 1. The average molecular weight is 214 g/mol. The van der Waals surface area contributed by atoms with Crippen molar-refractivity contribution in [2.75, 3.05) is 0 Å². The van der Waals surface area contributed by atoms with Gasteiger partial charge in [0.15, 0.2) is 0 Å². The second-order valence-corrected chi connectivity index (χ2v) is 4.08. The first kappa shape index (κ1) is 8.99. The highest BCUT2D eigenvalue weighted by Crippen LogP contribution is 2.30. The molecule has 0 spiro atoms. The number of aliphatic hydroxyl groups excluding tert-OH is 1. The summed E-state index contributed by atoms with van der Waals surface area (Å²) in [7, 11) is 0. The van der Waals surface area contributed by atoms with E-state index in [0.29, 0.717) is 10.9 Å². The van der Waals surface area contributed by atoms with Crippen molar-refractivity contribution in [2.24, 2.45) is 0 Å². The van der Waals surface area contributed by atoms with Crippen LogP contribution < -0.4 is 0 Å². The number of hydrogen-bond donors (Lipinski definition) is 2. The molecule has 1 nitrogen and oxygen atoms in total. The molecule has 0 amide bonds. The van der Waals surface area contributed by atoms with E-state index in [1.54, 1.807) is 12.1 Å². The molecule has 1 aromatic carbocycles. The van der Waals surface area contributed by atoms with Crippen LogP contribution in [0.2, 0.25) is 0 Å². The number of fused-ring (bicyclic) bond motifs is 1. The molecular weight excluding hydrogens is 207 g/mol. The lowest BCUT2D eigenvalue weighted by Gasteiger charge is -2.03. The summed E-state index contributed by atoms with van der Waals surface area (Å²) in [6.07, 6.45) is 0. The zero-order chi connectivity index (χ0) is 9.42. The van der Waals surface area contributed by atoms with E-state index in [2.05, 4.69) is 12.6 Å². The minimum absolute atomic E-state index is 0.177. The quantitative estimate of drug-likeness (QED) is 0.699. The molecular formula is C9H7FOS2. The van der Waals surface area contributed by atoms with Crippen LogP contribution in [0.3, 0.4) is 0 Å². The van der Waals surface area contributed by atoms with E-state index in [9.17, 15) is 4.39 Å². The van der Waals surface area contributed by atoms with Crippen LogP contribution in [0.1, 0.15) is 5.56 Å². The lowest BCUT2D eigenvalue weighted by molar-refractivity contribution is 0.278. The Kier molecular flexibility index (Phi) is 2.27. The van der Waals surface area contributed by atoms with Gasteiger partial charge in [-0.2, -0.15) is 0 Å². The van der Waals surface area contributed by atoms with Crippen molar-refractivity contribution in [3.63, 3.8) is 0 Å². The zero-order valence-electron chi connectivity index (χ0n) is 6.62. The molecule has 0 atom stereocenters. The number of hydrogen-bond acceptors (Lipinski definition) is 3. The lowest BCUT2D eigenvalue weighted by atomic mass is 10.2. The summed E-state index contributed by atoms with van der Waals surface area (Å²) >= 11 is 5.47. The van der Waals surface area contributed by atoms with Gasteiger partial charge in [0.1, 0.15) is 5.82 Å². The van der Waals surface area contributed by atoms with Crippen molar-refractivity contribution in [3.05, 3.63) is 28.9 Å². The van der Waals surface area contributed by atoms with Gasteiger partial charge in [-0.25, -0.2) is 4.39 Å². The first-order valence-corrected chi connectivity index (χ1v) is 5.05. The summed E-state index contributed by atoms with van der Waals surface area (Å²) < 4.78 is 14.3. The predicted molar refractivity (Wildman–Crippen MR) is 55.0 cm³/mol. The van der Waals surface area contributed by atoms with Crippen molar-refractivity contribution in [3.8, 4) is 0 Å². The summed E-state index contributed by atoms with van der Waals surface area (Å²) in [5.74, 6) is -0.342. The van der Waals surface area contributed by atoms with E-state index in [1.165, 1.54) is 11.3 Å². The Bertz CT molecular complexity index is 450. The number of thiol groups is 1. The number of benzene rings is 1. The molecule has 0 aliphatic heterocycles. The van der Waals surface area contributed by atoms with Gasteiger partial charge in [0, 0.05) is 15.0 Å². The summed E-state index contributed by atoms with van der Waals surface area (Å²) in [6.45, 7) is -0.177. The molecule has 0 aliphatic rings. The number of thiophene rings is 1. The highest BCUT2D eigenvalue weighted by Gasteiger charge is 2.10. The molecule has 1 N–H and O–H groups in total. The maximum atomic E-state index is 13.5. The van der Waals surface area contributed by atoms with Gasteiger partial charge in [0.2, 0.25) is 0 Å². The molecule has 2 aromatic rings. The van der Waals surface area contributed by atoms with Gasteiger partial charge in [0.05, 0.1) is 6.61 Å². The molecule has 1 heterocycles. The maximum absolute atomic E-state index is 13.5. The van der Waals surface area contributed by atoms with Crippen LogP contribution in [0, 0.1) is 5.82 Å². The normalized spacial score (nSPS) is 11.0. The minimum Gasteiger partial charge on any atom is -0.392 e. The first-order valence-electron chi connectivity index (χ1n) is 3.72. The lowest BCUT2D eigenvalue weighted by Crippen LogP contribution is -1.89. The van der Waals surface area contributed by atoms with Gasteiger partial charge in [-0.1, -0.05) is 0 Å². The largest absolute Gasteiger partial charge is 0.392 e. The molecule has 0 unspecified atom stereocenters. The zero-order valence-corrected chi connectivity index (χ0v) is 8.33. The number of halogens is 1. The third-order valence-electron chi connectivity index (χ3n) is 1.92. The topological polar surface area (TPSA) is 20.2 Å². The molecule has 13 heavy (non-hydrogen) atoms. The Morgan fingerprint density at radius 1 is 1.54 bits per heavy atom. The third kappa shape index (κ3) is 1.35. The van der Waals surface area contributed by atoms with E-state index in [-0.39, 0.29) is 17.3 Å². The van der Waals surface area contributed by atoms with Gasteiger partial charge < -0.3 is 5.11 Å². The monoisotopic (exact) mass is 214 g/mol. The van der Waals surface area contributed by atoms with Crippen molar-refractivity contribution in [1.29, 1.82) is 0 Å². The fourth-order valence-corrected chi connectivity index (χ4v) is 2.33. The van der Waals surface area contributed by atoms with E-state index in [4.69, 9.17) is 5.11 Å². The second-order valence-electron chi connectivity index (χ2n) is 2.69. The predicted octanol–water partition coefficient (Wildman–Crippen LogP) is 2.82. The number of aliphatic hydroxyl groups is 1. The molecule has 68 valence electrons. The van der Waals surface area contributed by atoms with E-state index in [1.807, 2.05) is 5.38 Å². The van der Waals surface area contributed by atoms with Crippen LogP contribution in [0.25, 0.3) is 10.1 Å². The molecule has 0 saturated heterocycles. The van der Waals surface area contributed by atoms with Crippen LogP contribution in [0.5, 0.6) is 0 Å². The van der Waals surface area contributed by atoms with E-state index < -0.39 is 0 Å². The minimum atomic E-state index is -0.342. The second kappa shape index (κ2) is 3.29. The highest BCUT2D eigenvalue weighted by molar-refractivity contribution is 7.80. The van der Waals surface area contributed by atoms with Crippen molar-refractivity contribution in [2.45, 2.75) is 11.5 Å². The molecule has 0 aliphatic carbocycles. The van der Waals surface area contributed by atoms with Gasteiger partial charge in [0.25, 0.3) is 0 Å². The smallest absolute Gasteiger partial charge is 0.145 e. The van der Waals surface area contributed by atoms with E-state index >= 15 is 0 Å². The third-order valence-corrected chi connectivity index (χ3v) is 3.27. The molecule has 0 bridgehead atoms. The molecule has 0 saturated carbocycles. The Morgan fingerprint density at radius 2 is 2.31 bits per heavy atom. The van der Waals surface area contributed by atoms with Crippen molar-refractivity contribution < 1.29 is 9.50 Å². The van der Waals surface area contributed by atoms with Crippen LogP contribution >= 0.6 is 24.0 Å². The standard InChI is InChI=1S/C9H7FOS2/c10-8-6-1-2-13-7(6)3-5(4-11)9(8)12/h1-3,11-12H,4H2. The fraction of sp³-hybridized carbons (Fsp3) is 0.111. The van der Waals surface area contributed by atoms with Gasteiger partial charge >= 0.3 is 0 Å². The van der Waals surface area contributed by atoms with Gasteiger partial charge in [-0.05, 0) is 23.1 Å². The van der Waals surface area contributed by atoms with Crippen molar-refractivity contribution in [1.82, 2.24) is 0 Å². The summed E-state index contributed by atoms with van der Waals surface area (Å²) in [6, 6.07) is 3.49. The van der Waals surface area contributed by atoms with Crippen LogP contribution in [0.15, 0.2) is 22.4 Å². The SMILES string of the molecule is OCc1cc2sccc2c(F)c1S. The van der Waals surface area contributed by atoms with Crippen LogP contribution in [-0.2, 0) is 6.61 Å². The Balaban J connectivity index is 2.83. The molecule has 4 heteroatoms. The van der Waals surface area contributed by atoms with Crippen LogP contribution in [0.4, 0.5) is 4.39 Å². The fourth-order valence-electron chi connectivity index (χ4n) is 1.23. The molecule has 2 rings (SSSR count). The summed E-state index contributed by atoms with van der Waals surface area (Å²) in [4.78, 5) is 0.244. The Morgan fingerprint density at radius 3 is 3.00 bits per heavy atom. The highest BCUT2D eigenvalue weighted by atomic mass is 32.1. The maximum Gasteiger partial charge on any atom is 0.145 e. The molecule has 0 fully saturated rings. The molecule has 0 radical (unpaired) electrons. The summed E-state index contributed by atoms with van der Waals surface area (Å²) in [5, 5.41) is 11.3. The van der Waals surface area contributed by atoms with Gasteiger partial charge in [-0.15, -0.1) is 24.0 Å². The Hall–Kier alpha value is -0.580. The van der Waals surface area contributed by atoms with E-state index in [0.717, 1.165) is 4.70 Å². The summed E-state index contributed by atoms with van der Waals surface area (Å²) in [5.41, 5.74) is 0.538. The molecule has 1 aromatic heterocycles. The first-order chi connectivity index (χ1) is 6.24. The average Bonchev–Trinajstić information content (AvgIpc) is 2.59. The van der Waals surface area contributed by atoms with Crippen molar-refractivity contribution >= 4 is 34.1 Å². The Labute approximate surface area is 84.2 Å². The van der Waals surface area contributed by atoms with Crippen LogP contribution in [-0.4, -0.2) is 5.11 Å². The van der Waals surface area contributed by atoms with Gasteiger partial charge in [-0.3, -0.25) is 0 Å².